The van der Waals surface area contributed by atoms with Crippen molar-refractivity contribution in [3.63, 3.8) is 0 Å². The molecular weight excluding hydrogens is 212 g/mol. The molecule has 2 aliphatic rings. The second kappa shape index (κ2) is 4.21. The van der Waals surface area contributed by atoms with Crippen LogP contribution in [-0.4, -0.2) is 16.4 Å². The number of rotatable bonds is 0. The maximum atomic E-state index is 2.41. The van der Waals surface area contributed by atoms with Crippen LogP contribution in [0, 0.1) is 6.92 Å². The van der Waals surface area contributed by atoms with Gasteiger partial charge in [-0.2, -0.15) is 10.5 Å². The summed E-state index contributed by atoms with van der Waals surface area (Å²) in [5.74, 6) is 2.80. The first kappa shape index (κ1) is 10.3. The topological polar surface area (TPSA) is 0 Å². The Hall–Kier alpha value is -0.820. The van der Waals surface area contributed by atoms with Crippen LogP contribution in [0.2, 0.25) is 0 Å². The van der Waals surface area contributed by atoms with Crippen molar-refractivity contribution in [2.75, 3.05) is 11.5 Å². The van der Waals surface area contributed by atoms with Gasteiger partial charge in [0.25, 0.3) is 0 Å². The van der Waals surface area contributed by atoms with Crippen LogP contribution in [0.4, 0.5) is 0 Å². The zero-order valence-corrected chi connectivity index (χ0v) is 10.6. The Balaban J connectivity index is 2.14. The standard InChI is InChI=1S/C15H18S/c1-12-6-7-14-13(11-12)8-10-16-9-4-2-3-5-15(14)16/h3,5-7,11H,2,4,8-10H2,1H3. The van der Waals surface area contributed by atoms with E-state index in [4.69, 9.17) is 0 Å². The van der Waals surface area contributed by atoms with Crippen molar-refractivity contribution in [2.45, 2.75) is 26.2 Å². The van der Waals surface area contributed by atoms with Gasteiger partial charge in [-0.3, -0.25) is 0 Å². The average molecular weight is 230 g/mol. The van der Waals surface area contributed by atoms with Gasteiger partial charge >= 0.3 is 0 Å². The third-order valence-corrected chi connectivity index (χ3v) is 5.94. The molecule has 0 aromatic heterocycles. The summed E-state index contributed by atoms with van der Waals surface area (Å²) in [5.41, 5.74) is 4.52. The van der Waals surface area contributed by atoms with E-state index >= 15 is 0 Å². The van der Waals surface area contributed by atoms with Crippen molar-refractivity contribution < 1.29 is 0 Å². The lowest BCUT2D eigenvalue weighted by Gasteiger charge is -2.22. The minimum atomic E-state index is 0.542. The van der Waals surface area contributed by atoms with Crippen LogP contribution >= 0.6 is 10.5 Å². The van der Waals surface area contributed by atoms with Gasteiger partial charge in [-0.1, -0.05) is 35.9 Å². The minimum absolute atomic E-state index is 0.542. The van der Waals surface area contributed by atoms with Gasteiger partial charge in [-0.25, -0.2) is 0 Å². The largest absolute Gasteiger partial charge is 0.178 e. The van der Waals surface area contributed by atoms with Crippen molar-refractivity contribution in [2.24, 2.45) is 0 Å². The van der Waals surface area contributed by atoms with Crippen LogP contribution in [0.1, 0.15) is 29.5 Å². The predicted octanol–water partition coefficient (Wildman–Crippen LogP) is 3.69. The van der Waals surface area contributed by atoms with Crippen molar-refractivity contribution in [3.8, 4) is 0 Å². The first-order valence-corrected chi connectivity index (χ1v) is 7.72. The molecule has 1 atom stereocenters. The number of aryl methyl sites for hydroxylation is 2. The molecule has 16 heavy (non-hydrogen) atoms. The molecule has 1 unspecified atom stereocenters. The second-order valence-corrected chi connectivity index (χ2v) is 6.96. The average Bonchev–Trinajstić information content (AvgIpc) is 2.53. The molecule has 0 nitrogen and oxygen atoms in total. The SMILES string of the molecule is Cc1ccc2c(c1)CCS1=C2C=CCCC1. The molecule has 0 amide bonds. The molecule has 0 fully saturated rings. The second-order valence-electron chi connectivity index (χ2n) is 4.72. The molecule has 2 aliphatic heterocycles. The zero-order valence-electron chi connectivity index (χ0n) is 9.83. The third kappa shape index (κ3) is 1.78. The zero-order chi connectivity index (χ0) is 11.0. The Morgan fingerprint density at radius 1 is 1.19 bits per heavy atom. The lowest BCUT2D eigenvalue weighted by Crippen LogP contribution is -2.12. The summed E-state index contributed by atoms with van der Waals surface area (Å²) in [4.78, 5) is 1.64. The minimum Gasteiger partial charge on any atom is -0.178 e. The van der Waals surface area contributed by atoms with Crippen molar-refractivity contribution in [1.82, 2.24) is 0 Å². The molecule has 84 valence electrons. The summed E-state index contributed by atoms with van der Waals surface area (Å²) < 4.78 is 0. The molecule has 3 rings (SSSR count). The molecule has 0 N–H and O–H groups in total. The highest BCUT2D eigenvalue weighted by Gasteiger charge is 2.17. The number of hydrogen-bond donors (Lipinski definition) is 0. The van der Waals surface area contributed by atoms with Crippen LogP contribution < -0.4 is 0 Å². The van der Waals surface area contributed by atoms with Gasteiger partial charge in [-0.05, 0) is 48.8 Å². The normalized spacial score (nSPS) is 23.6. The monoisotopic (exact) mass is 230 g/mol. The van der Waals surface area contributed by atoms with Crippen LogP contribution in [0.25, 0.3) is 0 Å². The summed E-state index contributed by atoms with van der Waals surface area (Å²) in [5, 5.41) is 0. The Morgan fingerprint density at radius 3 is 3.06 bits per heavy atom. The molecule has 0 radical (unpaired) electrons. The Labute approximate surface area is 100 Å². The fraction of sp³-hybridized carbons (Fsp3) is 0.400. The first-order chi connectivity index (χ1) is 7.84. The summed E-state index contributed by atoms with van der Waals surface area (Å²) in [7, 11) is 0.542. The lowest BCUT2D eigenvalue weighted by molar-refractivity contribution is 0.972. The first-order valence-electron chi connectivity index (χ1n) is 6.15. The van der Waals surface area contributed by atoms with Gasteiger partial charge in [0.2, 0.25) is 0 Å². The molecule has 2 heterocycles. The molecule has 0 saturated heterocycles. The van der Waals surface area contributed by atoms with E-state index in [9.17, 15) is 0 Å². The van der Waals surface area contributed by atoms with Gasteiger partial charge in [0.05, 0.1) is 0 Å². The smallest absolute Gasteiger partial charge is 0.00508 e. The van der Waals surface area contributed by atoms with E-state index in [1.54, 1.807) is 16.0 Å². The van der Waals surface area contributed by atoms with E-state index < -0.39 is 0 Å². The van der Waals surface area contributed by atoms with Gasteiger partial charge < -0.3 is 0 Å². The number of allylic oxidation sites excluding steroid dienone is 2. The maximum absolute atomic E-state index is 2.41. The van der Waals surface area contributed by atoms with Crippen LogP contribution in [-0.2, 0) is 6.42 Å². The van der Waals surface area contributed by atoms with Gasteiger partial charge in [-0.15, -0.1) is 0 Å². The van der Waals surface area contributed by atoms with Crippen LogP contribution in [0.5, 0.6) is 0 Å². The number of fused-ring (bicyclic) bond motifs is 2. The summed E-state index contributed by atoms with van der Waals surface area (Å²) >= 11 is 0. The Morgan fingerprint density at radius 2 is 2.12 bits per heavy atom. The number of hydrogen-bond acceptors (Lipinski definition) is 0. The quantitative estimate of drug-likeness (QED) is 0.596. The third-order valence-electron chi connectivity index (χ3n) is 3.49. The predicted molar refractivity (Wildman–Crippen MR) is 74.7 cm³/mol. The fourth-order valence-corrected chi connectivity index (χ4v) is 5.06. The molecule has 0 aliphatic carbocycles. The molecule has 1 aromatic rings. The molecule has 0 bridgehead atoms. The summed E-state index contributed by atoms with van der Waals surface area (Å²) in [6.07, 6.45) is 8.72. The van der Waals surface area contributed by atoms with Crippen molar-refractivity contribution in [1.29, 1.82) is 0 Å². The lowest BCUT2D eigenvalue weighted by atomic mass is 9.99. The van der Waals surface area contributed by atoms with Crippen LogP contribution in [0.15, 0.2) is 30.4 Å². The molecular formula is C15H18S. The Kier molecular flexibility index (Phi) is 2.72. The highest BCUT2D eigenvalue weighted by Crippen LogP contribution is 2.32. The maximum Gasteiger partial charge on any atom is 0.00508 e. The van der Waals surface area contributed by atoms with Crippen molar-refractivity contribution >= 4 is 15.3 Å². The van der Waals surface area contributed by atoms with E-state index in [1.165, 1.54) is 36.3 Å². The van der Waals surface area contributed by atoms with Crippen LogP contribution in [0.3, 0.4) is 0 Å². The van der Waals surface area contributed by atoms with Gasteiger partial charge in [0.1, 0.15) is 0 Å². The summed E-state index contributed by atoms with van der Waals surface area (Å²) in [6, 6.07) is 6.98. The Bertz CT molecular complexity index is 480. The highest BCUT2D eigenvalue weighted by molar-refractivity contribution is 8.16. The molecule has 0 spiro atoms. The van der Waals surface area contributed by atoms with E-state index in [-0.39, 0.29) is 0 Å². The molecule has 0 saturated carbocycles. The summed E-state index contributed by atoms with van der Waals surface area (Å²) in [6.45, 7) is 2.20. The van der Waals surface area contributed by atoms with E-state index in [0.717, 1.165) is 0 Å². The van der Waals surface area contributed by atoms with Gasteiger partial charge in [0.15, 0.2) is 0 Å². The van der Waals surface area contributed by atoms with Crippen molar-refractivity contribution in [3.05, 3.63) is 47.0 Å². The fourth-order valence-electron chi connectivity index (χ4n) is 2.63. The molecule has 1 heteroatoms. The van der Waals surface area contributed by atoms with Gasteiger partial charge in [0, 0.05) is 4.86 Å². The highest BCUT2D eigenvalue weighted by atomic mass is 32.2. The van der Waals surface area contributed by atoms with E-state index in [2.05, 4.69) is 37.3 Å². The molecule has 1 aromatic carbocycles. The van der Waals surface area contributed by atoms with E-state index in [0.29, 0.717) is 10.5 Å². The number of benzene rings is 1. The van der Waals surface area contributed by atoms with E-state index in [1.807, 2.05) is 0 Å².